The van der Waals surface area contributed by atoms with Crippen LogP contribution < -0.4 is 10.1 Å². The van der Waals surface area contributed by atoms with Gasteiger partial charge in [0.2, 0.25) is 0 Å². The van der Waals surface area contributed by atoms with Crippen LogP contribution >= 0.6 is 15.9 Å². The van der Waals surface area contributed by atoms with Gasteiger partial charge in [-0.3, -0.25) is 0 Å². The van der Waals surface area contributed by atoms with Crippen molar-refractivity contribution in [3.63, 3.8) is 0 Å². The maximum Gasteiger partial charge on any atom is 0.120 e. The van der Waals surface area contributed by atoms with Crippen molar-refractivity contribution >= 4 is 15.9 Å². The minimum Gasteiger partial charge on any atom is -0.492 e. The SMILES string of the molecule is CN(C)CCCCNCCOc1cccc(Br)c1. The van der Waals surface area contributed by atoms with E-state index in [1.165, 1.54) is 12.8 Å². The van der Waals surface area contributed by atoms with E-state index in [1.54, 1.807) is 0 Å². The Balaban J connectivity index is 1.96. The average molecular weight is 315 g/mol. The second-order valence-corrected chi connectivity index (χ2v) is 5.48. The topological polar surface area (TPSA) is 24.5 Å². The van der Waals surface area contributed by atoms with Crippen LogP contribution in [0, 0.1) is 0 Å². The lowest BCUT2D eigenvalue weighted by Crippen LogP contribution is -2.23. The summed E-state index contributed by atoms with van der Waals surface area (Å²) in [5.74, 6) is 0.916. The summed E-state index contributed by atoms with van der Waals surface area (Å²) in [4.78, 5) is 2.22. The molecular weight excluding hydrogens is 292 g/mol. The highest BCUT2D eigenvalue weighted by molar-refractivity contribution is 9.10. The molecule has 3 nitrogen and oxygen atoms in total. The summed E-state index contributed by atoms with van der Waals surface area (Å²) < 4.78 is 6.68. The Bertz CT molecular complexity index is 331. The van der Waals surface area contributed by atoms with E-state index in [1.807, 2.05) is 24.3 Å². The molecule has 18 heavy (non-hydrogen) atoms. The number of ether oxygens (including phenoxy) is 1. The molecule has 0 spiro atoms. The van der Waals surface area contributed by atoms with Crippen molar-refractivity contribution < 1.29 is 4.74 Å². The van der Waals surface area contributed by atoms with Gasteiger partial charge in [0.25, 0.3) is 0 Å². The third-order valence-corrected chi connectivity index (χ3v) is 3.05. The molecule has 0 atom stereocenters. The molecule has 0 heterocycles. The van der Waals surface area contributed by atoms with Crippen LogP contribution in [0.5, 0.6) is 5.75 Å². The molecule has 0 aromatic heterocycles. The number of nitrogens with zero attached hydrogens (tertiary/aromatic N) is 1. The van der Waals surface area contributed by atoms with E-state index in [4.69, 9.17) is 4.74 Å². The van der Waals surface area contributed by atoms with Gasteiger partial charge in [-0.2, -0.15) is 0 Å². The van der Waals surface area contributed by atoms with Gasteiger partial charge in [-0.05, 0) is 58.2 Å². The molecule has 1 N–H and O–H groups in total. The lowest BCUT2D eigenvalue weighted by atomic mass is 10.3. The first-order valence-electron chi connectivity index (χ1n) is 6.42. The highest BCUT2D eigenvalue weighted by atomic mass is 79.9. The van der Waals surface area contributed by atoms with E-state index in [0.29, 0.717) is 6.61 Å². The predicted octanol–water partition coefficient (Wildman–Crippen LogP) is 2.76. The molecule has 1 aromatic rings. The molecule has 0 fully saturated rings. The van der Waals surface area contributed by atoms with Crippen molar-refractivity contribution in [2.75, 3.05) is 40.3 Å². The summed E-state index contributed by atoms with van der Waals surface area (Å²) in [6.07, 6.45) is 2.46. The van der Waals surface area contributed by atoms with Gasteiger partial charge in [0.05, 0.1) is 0 Å². The minimum atomic E-state index is 0.712. The normalized spacial score (nSPS) is 10.9. The lowest BCUT2D eigenvalue weighted by molar-refractivity contribution is 0.312. The summed E-state index contributed by atoms with van der Waals surface area (Å²) in [5, 5.41) is 3.39. The van der Waals surface area contributed by atoms with Gasteiger partial charge in [0.1, 0.15) is 12.4 Å². The van der Waals surface area contributed by atoms with Crippen molar-refractivity contribution in [3.05, 3.63) is 28.7 Å². The Labute approximate surface area is 119 Å². The number of rotatable bonds is 9. The summed E-state index contributed by atoms with van der Waals surface area (Å²) in [7, 11) is 4.22. The van der Waals surface area contributed by atoms with Crippen LogP contribution in [-0.2, 0) is 0 Å². The van der Waals surface area contributed by atoms with E-state index in [0.717, 1.165) is 29.9 Å². The molecule has 0 amide bonds. The fourth-order valence-corrected chi connectivity index (χ4v) is 1.98. The van der Waals surface area contributed by atoms with E-state index in [2.05, 4.69) is 40.2 Å². The molecule has 0 aliphatic rings. The third-order valence-electron chi connectivity index (χ3n) is 2.55. The molecule has 0 aliphatic carbocycles. The summed E-state index contributed by atoms with van der Waals surface area (Å²) in [6.45, 7) is 3.84. The largest absolute Gasteiger partial charge is 0.492 e. The summed E-state index contributed by atoms with van der Waals surface area (Å²) >= 11 is 3.43. The Hall–Kier alpha value is -0.580. The average Bonchev–Trinajstić information content (AvgIpc) is 2.32. The Morgan fingerprint density at radius 3 is 2.78 bits per heavy atom. The van der Waals surface area contributed by atoms with Gasteiger partial charge < -0.3 is 15.0 Å². The molecule has 0 saturated carbocycles. The van der Waals surface area contributed by atoms with Crippen molar-refractivity contribution in [1.29, 1.82) is 0 Å². The first kappa shape index (κ1) is 15.5. The smallest absolute Gasteiger partial charge is 0.120 e. The molecule has 0 unspecified atom stereocenters. The maximum atomic E-state index is 5.63. The van der Waals surface area contributed by atoms with Crippen LogP contribution in [-0.4, -0.2) is 45.2 Å². The van der Waals surface area contributed by atoms with E-state index >= 15 is 0 Å². The molecular formula is C14H23BrN2O. The second kappa shape index (κ2) is 9.36. The molecule has 0 aliphatic heterocycles. The van der Waals surface area contributed by atoms with E-state index in [9.17, 15) is 0 Å². The van der Waals surface area contributed by atoms with Crippen molar-refractivity contribution in [2.45, 2.75) is 12.8 Å². The highest BCUT2D eigenvalue weighted by Gasteiger charge is 1.95. The van der Waals surface area contributed by atoms with Crippen LogP contribution in [0.4, 0.5) is 0 Å². The molecule has 1 rings (SSSR count). The second-order valence-electron chi connectivity index (χ2n) is 4.57. The van der Waals surface area contributed by atoms with Crippen LogP contribution in [0.2, 0.25) is 0 Å². The zero-order chi connectivity index (χ0) is 13.2. The number of benzene rings is 1. The minimum absolute atomic E-state index is 0.712. The summed E-state index contributed by atoms with van der Waals surface area (Å²) in [5.41, 5.74) is 0. The van der Waals surface area contributed by atoms with Crippen molar-refractivity contribution in [2.24, 2.45) is 0 Å². The number of unbranched alkanes of at least 4 members (excludes halogenated alkanes) is 1. The molecule has 0 saturated heterocycles. The number of hydrogen-bond donors (Lipinski definition) is 1. The quantitative estimate of drug-likeness (QED) is 0.709. The lowest BCUT2D eigenvalue weighted by Gasteiger charge is -2.10. The van der Waals surface area contributed by atoms with Crippen LogP contribution in [0.15, 0.2) is 28.7 Å². The Morgan fingerprint density at radius 1 is 1.22 bits per heavy atom. The zero-order valence-corrected chi connectivity index (χ0v) is 12.9. The first-order valence-corrected chi connectivity index (χ1v) is 7.21. The number of halogens is 1. The number of hydrogen-bond acceptors (Lipinski definition) is 3. The Kier molecular flexibility index (Phi) is 8.05. The molecule has 4 heteroatoms. The highest BCUT2D eigenvalue weighted by Crippen LogP contribution is 2.17. The molecule has 0 bridgehead atoms. The van der Waals surface area contributed by atoms with Gasteiger partial charge in [0, 0.05) is 11.0 Å². The van der Waals surface area contributed by atoms with Gasteiger partial charge >= 0.3 is 0 Å². The van der Waals surface area contributed by atoms with Crippen molar-refractivity contribution in [3.8, 4) is 5.75 Å². The van der Waals surface area contributed by atoms with Gasteiger partial charge in [-0.1, -0.05) is 22.0 Å². The van der Waals surface area contributed by atoms with Gasteiger partial charge in [-0.15, -0.1) is 0 Å². The third kappa shape index (κ3) is 7.69. The van der Waals surface area contributed by atoms with Crippen LogP contribution in [0.1, 0.15) is 12.8 Å². The Morgan fingerprint density at radius 2 is 2.06 bits per heavy atom. The monoisotopic (exact) mass is 314 g/mol. The molecule has 102 valence electrons. The first-order chi connectivity index (χ1) is 8.68. The van der Waals surface area contributed by atoms with Gasteiger partial charge in [-0.25, -0.2) is 0 Å². The standard InChI is InChI=1S/C14H23BrN2O/c1-17(2)10-4-3-8-16-9-11-18-14-7-5-6-13(15)12-14/h5-7,12,16H,3-4,8-11H2,1-2H3. The van der Waals surface area contributed by atoms with Crippen LogP contribution in [0.3, 0.4) is 0 Å². The van der Waals surface area contributed by atoms with E-state index in [-0.39, 0.29) is 0 Å². The number of nitrogens with one attached hydrogen (secondary N) is 1. The fourth-order valence-electron chi connectivity index (χ4n) is 1.60. The fraction of sp³-hybridized carbons (Fsp3) is 0.571. The van der Waals surface area contributed by atoms with Crippen LogP contribution in [0.25, 0.3) is 0 Å². The maximum absolute atomic E-state index is 5.63. The van der Waals surface area contributed by atoms with Crippen molar-refractivity contribution in [1.82, 2.24) is 10.2 Å². The molecule has 1 aromatic carbocycles. The van der Waals surface area contributed by atoms with Gasteiger partial charge in [0.15, 0.2) is 0 Å². The predicted molar refractivity (Wildman–Crippen MR) is 80.3 cm³/mol. The zero-order valence-electron chi connectivity index (χ0n) is 11.3. The van der Waals surface area contributed by atoms with E-state index < -0.39 is 0 Å². The summed E-state index contributed by atoms with van der Waals surface area (Å²) in [6, 6.07) is 7.93. The molecule has 0 radical (unpaired) electrons.